The van der Waals surface area contributed by atoms with Crippen molar-refractivity contribution in [3.63, 3.8) is 0 Å². The lowest BCUT2D eigenvalue weighted by Gasteiger charge is -1.98. The molecule has 0 heteroatoms. The van der Waals surface area contributed by atoms with E-state index >= 15 is 0 Å². The van der Waals surface area contributed by atoms with Gasteiger partial charge in [0.1, 0.15) is 0 Å². The summed E-state index contributed by atoms with van der Waals surface area (Å²) in [5.74, 6) is 0. The first-order chi connectivity index (χ1) is 5.66. The van der Waals surface area contributed by atoms with Gasteiger partial charge in [0.2, 0.25) is 0 Å². The predicted molar refractivity (Wildman–Crippen MR) is 57.2 cm³/mol. The van der Waals surface area contributed by atoms with E-state index in [9.17, 15) is 0 Å². The Morgan fingerprint density at radius 2 is 1.83 bits per heavy atom. The minimum Gasteiger partial charge on any atom is -0.103 e. The van der Waals surface area contributed by atoms with E-state index < -0.39 is 0 Å². The lowest BCUT2D eigenvalue weighted by Crippen LogP contribution is -1.78. The van der Waals surface area contributed by atoms with Crippen LogP contribution in [-0.4, -0.2) is 0 Å². The molecule has 0 saturated heterocycles. The molecular weight excluding hydrogens is 144 g/mol. The van der Waals surface area contributed by atoms with Gasteiger partial charge in [0.05, 0.1) is 0 Å². The van der Waals surface area contributed by atoms with Gasteiger partial charge in [-0.05, 0) is 39.5 Å². The Balaban J connectivity index is 3.53. The highest BCUT2D eigenvalue weighted by Crippen LogP contribution is 2.08. The molecule has 0 atom stereocenters. The van der Waals surface area contributed by atoms with Crippen molar-refractivity contribution in [2.75, 3.05) is 0 Å². The highest BCUT2D eigenvalue weighted by Gasteiger charge is 1.88. The number of rotatable bonds is 6. The predicted octanol–water partition coefficient (Wildman–Crippen LogP) is 4.26. The average molecular weight is 164 g/mol. The van der Waals surface area contributed by atoms with Crippen LogP contribution in [0.1, 0.15) is 39.5 Å². The molecule has 0 radical (unpaired) electrons. The Morgan fingerprint density at radius 3 is 2.33 bits per heavy atom. The van der Waals surface area contributed by atoms with E-state index in [1.807, 2.05) is 6.08 Å². The summed E-state index contributed by atoms with van der Waals surface area (Å²) in [6, 6.07) is 0. The van der Waals surface area contributed by atoms with Crippen LogP contribution < -0.4 is 0 Å². The normalized spacial score (nSPS) is 11.3. The second-order valence-corrected chi connectivity index (χ2v) is 3.37. The van der Waals surface area contributed by atoms with E-state index in [4.69, 9.17) is 0 Å². The molecule has 0 aromatic rings. The van der Waals surface area contributed by atoms with Crippen molar-refractivity contribution in [2.45, 2.75) is 39.5 Å². The van der Waals surface area contributed by atoms with Crippen LogP contribution in [0.5, 0.6) is 0 Å². The van der Waals surface area contributed by atoms with Gasteiger partial charge in [-0.15, -0.1) is 13.2 Å². The standard InChI is InChI=1S/C12H20/c1-5-6-9-12(4)10-7-8-11(2)3/h5,10H,1-2,6-9H2,3-4H3. The van der Waals surface area contributed by atoms with Crippen LogP contribution in [0.3, 0.4) is 0 Å². The Morgan fingerprint density at radius 1 is 1.17 bits per heavy atom. The summed E-state index contributed by atoms with van der Waals surface area (Å²) in [7, 11) is 0. The Kier molecular flexibility index (Phi) is 6.45. The summed E-state index contributed by atoms with van der Waals surface area (Å²) in [5, 5.41) is 0. The Bertz CT molecular complexity index is 172. The fourth-order valence-electron chi connectivity index (χ4n) is 0.997. The summed E-state index contributed by atoms with van der Waals surface area (Å²) in [4.78, 5) is 0. The quantitative estimate of drug-likeness (QED) is 0.515. The lowest BCUT2D eigenvalue weighted by atomic mass is 10.1. The van der Waals surface area contributed by atoms with Crippen LogP contribution in [-0.2, 0) is 0 Å². The fraction of sp³-hybridized carbons (Fsp3) is 0.500. The maximum absolute atomic E-state index is 3.87. The minimum absolute atomic E-state index is 1.09. The van der Waals surface area contributed by atoms with Gasteiger partial charge in [0.25, 0.3) is 0 Å². The van der Waals surface area contributed by atoms with Crippen molar-refractivity contribution >= 4 is 0 Å². The topological polar surface area (TPSA) is 0 Å². The van der Waals surface area contributed by atoms with Crippen LogP contribution in [0.25, 0.3) is 0 Å². The number of allylic oxidation sites excluding steroid dienone is 4. The molecule has 0 aliphatic heterocycles. The van der Waals surface area contributed by atoms with Crippen LogP contribution in [0, 0.1) is 0 Å². The van der Waals surface area contributed by atoms with Gasteiger partial charge in [0, 0.05) is 0 Å². The zero-order chi connectivity index (χ0) is 9.40. The van der Waals surface area contributed by atoms with E-state index in [0.717, 1.165) is 25.7 Å². The van der Waals surface area contributed by atoms with E-state index in [-0.39, 0.29) is 0 Å². The second kappa shape index (κ2) is 6.90. The molecule has 0 amide bonds. The average Bonchev–Trinajstić information content (AvgIpc) is 2.00. The molecule has 0 heterocycles. The van der Waals surface area contributed by atoms with Crippen LogP contribution in [0.2, 0.25) is 0 Å². The second-order valence-electron chi connectivity index (χ2n) is 3.37. The highest BCUT2D eigenvalue weighted by atomic mass is 13.9. The van der Waals surface area contributed by atoms with Crippen molar-refractivity contribution in [1.29, 1.82) is 0 Å². The van der Waals surface area contributed by atoms with Crippen molar-refractivity contribution < 1.29 is 0 Å². The first kappa shape index (κ1) is 11.2. The van der Waals surface area contributed by atoms with Gasteiger partial charge in [-0.3, -0.25) is 0 Å². The fourth-order valence-corrected chi connectivity index (χ4v) is 0.997. The molecule has 0 aliphatic carbocycles. The lowest BCUT2D eigenvalue weighted by molar-refractivity contribution is 0.925. The van der Waals surface area contributed by atoms with Crippen molar-refractivity contribution in [3.05, 3.63) is 36.5 Å². The summed E-state index contributed by atoms with van der Waals surface area (Å²) < 4.78 is 0. The number of hydrogen-bond acceptors (Lipinski definition) is 0. The van der Waals surface area contributed by atoms with Crippen molar-refractivity contribution in [1.82, 2.24) is 0 Å². The van der Waals surface area contributed by atoms with Gasteiger partial charge in [0.15, 0.2) is 0 Å². The van der Waals surface area contributed by atoms with E-state index in [0.29, 0.717) is 0 Å². The third kappa shape index (κ3) is 7.33. The molecule has 0 fully saturated rings. The molecule has 68 valence electrons. The summed E-state index contributed by atoms with van der Waals surface area (Å²) in [6.45, 7) is 11.8. The molecule has 0 bridgehead atoms. The van der Waals surface area contributed by atoms with Crippen LogP contribution in [0.15, 0.2) is 36.5 Å². The molecule has 0 aromatic carbocycles. The monoisotopic (exact) mass is 164 g/mol. The molecule has 0 nitrogen and oxygen atoms in total. The minimum atomic E-state index is 1.09. The van der Waals surface area contributed by atoms with Gasteiger partial charge >= 0.3 is 0 Å². The number of hydrogen-bond donors (Lipinski definition) is 0. The Labute approximate surface area is 76.7 Å². The van der Waals surface area contributed by atoms with E-state index in [1.54, 1.807) is 0 Å². The zero-order valence-corrected chi connectivity index (χ0v) is 8.40. The molecule has 0 rings (SSSR count). The maximum Gasteiger partial charge on any atom is -0.0288 e. The SMILES string of the molecule is C=CCCC(C)=CCCC(=C)C. The molecular formula is C12H20. The zero-order valence-electron chi connectivity index (χ0n) is 8.40. The van der Waals surface area contributed by atoms with Crippen LogP contribution in [0.4, 0.5) is 0 Å². The van der Waals surface area contributed by atoms with Gasteiger partial charge in [-0.1, -0.05) is 23.3 Å². The van der Waals surface area contributed by atoms with Gasteiger partial charge in [-0.25, -0.2) is 0 Å². The van der Waals surface area contributed by atoms with Crippen LogP contribution >= 0.6 is 0 Å². The van der Waals surface area contributed by atoms with Gasteiger partial charge < -0.3 is 0 Å². The van der Waals surface area contributed by atoms with Crippen molar-refractivity contribution in [2.24, 2.45) is 0 Å². The van der Waals surface area contributed by atoms with Gasteiger partial charge in [-0.2, -0.15) is 0 Å². The highest BCUT2D eigenvalue weighted by molar-refractivity contribution is 5.01. The smallest absolute Gasteiger partial charge is 0.0288 e. The maximum atomic E-state index is 3.87. The molecule has 0 saturated carbocycles. The van der Waals surface area contributed by atoms with Crippen molar-refractivity contribution in [3.8, 4) is 0 Å². The molecule has 12 heavy (non-hydrogen) atoms. The summed E-state index contributed by atoms with van der Waals surface area (Å²) in [6.07, 6.45) is 8.77. The molecule has 0 N–H and O–H groups in total. The first-order valence-electron chi connectivity index (χ1n) is 4.57. The largest absolute Gasteiger partial charge is 0.103 e. The third-order valence-electron chi connectivity index (χ3n) is 1.81. The van der Waals surface area contributed by atoms with E-state index in [1.165, 1.54) is 11.1 Å². The first-order valence-corrected chi connectivity index (χ1v) is 4.57. The van der Waals surface area contributed by atoms with E-state index in [2.05, 4.69) is 33.1 Å². The third-order valence-corrected chi connectivity index (χ3v) is 1.81. The molecule has 0 unspecified atom stereocenters. The summed E-state index contributed by atoms with van der Waals surface area (Å²) in [5.41, 5.74) is 2.74. The summed E-state index contributed by atoms with van der Waals surface area (Å²) >= 11 is 0. The molecule has 0 aromatic heterocycles. The molecule has 0 spiro atoms. The Hall–Kier alpha value is -0.780. The molecule has 0 aliphatic rings.